The van der Waals surface area contributed by atoms with Gasteiger partial charge in [0.15, 0.2) is 0 Å². The average molecular weight is 471 g/mol. The summed E-state index contributed by atoms with van der Waals surface area (Å²) >= 11 is 0. The summed E-state index contributed by atoms with van der Waals surface area (Å²) in [5.41, 5.74) is -1.65. The maximum absolute atomic E-state index is 14.1. The first-order chi connectivity index (χ1) is 15.9. The molecule has 0 amide bonds. The van der Waals surface area contributed by atoms with Crippen LogP contribution in [0.2, 0.25) is 0 Å². The fourth-order valence-electron chi connectivity index (χ4n) is 10.3. The Morgan fingerprint density at radius 3 is 1.76 bits per heavy atom. The zero-order valence-electron chi connectivity index (χ0n) is 22.2. The molecule has 8 saturated carbocycles. The Morgan fingerprint density at radius 1 is 0.765 bits per heavy atom. The first-order valence-corrected chi connectivity index (χ1v) is 14.3. The molecule has 0 saturated heterocycles. The molecule has 8 bridgehead atoms. The van der Waals surface area contributed by atoms with Crippen molar-refractivity contribution in [1.29, 1.82) is 0 Å². The average Bonchev–Trinajstić information content (AvgIpc) is 2.71. The third-order valence-corrected chi connectivity index (χ3v) is 11.8. The molecule has 4 heteroatoms. The number of hydrogen-bond acceptors (Lipinski definition) is 4. The molecule has 2 unspecified atom stereocenters. The van der Waals surface area contributed by atoms with Crippen LogP contribution in [0.5, 0.6) is 0 Å². The smallest absolute Gasteiger partial charge is 0.312 e. The van der Waals surface area contributed by atoms with E-state index in [-0.39, 0.29) is 17.4 Å². The van der Waals surface area contributed by atoms with Gasteiger partial charge in [0.05, 0.1) is 10.8 Å². The summed E-state index contributed by atoms with van der Waals surface area (Å²) in [7, 11) is 0. The molecule has 0 aliphatic heterocycles. The van der Waals surface area contributed by atoms with E-state index in [1.54, 1.807) is 0 Å². The Kier molecular flexibility index (Phi) is 4.98. The van der Waals surface area contributed by atoms with Crippen LogP contribution in [0.25, 0.3) is 0 Å². The van der Waals surface area contributed by atoms with Crippen LogP contribution in [0.15, 0.2) is 0 Å². The van der Waals surface area contributed by atoms with E-state index in [0.29, 0.717) is 18.3 Å². The lowest BCUT2D eigenvalue weighted by atomic mass is 9.45. The van der Waals surface area contributed by atoms with Gasteiger partial charge in [0.25, 0.3) is 0 Å². The molecule has 0 N–H and O–H groups in total. The molecule has 190 valence electrons. The fourth-order valence-corrected chi connectivity index (χ4v) is 10.3. The van der Waals surface area contributed by atoms with Crippen molar-refractivity contribution in [3.63, 3.8) is 0 Å². The molecule has 0 heterocycles. The summed E-state index contributed by atoms with van der Waals surface area (Å²) < 4.78 is 13.0. The van der Waals surface area contributed by atoms with Crippen LogP contribution in [0.1, 0.15) is 118 Å². The van der Waals surface area contributed by atoms with E-state index in [9.17, 15) is 9.59 Å². The van der Waals surface area contributed by atoms with Crippen molar-refractivity contribution in [2.24, 2.45) is 45.8 Å². The number of carbonyl (C=O) groups excluding carboxylic acids is 2. The van der Waals surface area contributed by atoms with Crippen LogP contribution in [0.4, 0.5) is 0 Å². The van der Waals surface area contributed by atoms with Crippen molar-refractivity contribution < 1.29 is 19.1 Å². The van der Waals surface area contributed by atoms with Gasteiger partial charge in [0.2, 0.25) is 0 Å². The molecule has 8 fully saturated rings. The highest BCUT2D eigenvalue weighted by Gasteiger charge is 2.65. The van der Waals surface area contributed by atoms with E-state index in [4.69, 9.17) is 9.47 Å². The zero-order valence-corrected chi connectivity index (χ0v) is 22.2. The second kappa shape index (κ2) is 7.25. The van der Waals surface area contributed by atoms with E-state index >= 15 is 0 Å². The predicted octanol–water partition coefficient (Wildman–Crippen LogP) is 6.84. The lowest BCUT2D eigenvalue weighted by molar-refractivity contribution is -0.235. The van der Waals surface area contributed by atoms with Crippen LogP contribution in [-0.2, 0) is 19.1 Å². The van der Waals surface area contributed by atoms with E-state index in [2.05, 4.69) is 13.8 Å². The van der Waals surface area contributed by atoms with Crippen molar-refractivity contribution in [2.75, 3.05) is 0 Å². The molecule has 4 nitrogen and oxygen atoms in total. The number of esters is 2. The fraction of sp³-hybridized carbons (Fsp3) is 0.933. The molecular formula is C30H46O4. The van der Waals surface area contributed by atoms with Gasteiger partial charge < -0.3 is 9.47 Å². The molecule has 0 radical (unpaired) electrons. The second-order valence-corrected chi connectivity index (χ2v) is 15.1. The Bertz CT molecular complexity index is 833. The van der Waals surface area contributed by atoms with Crippen LogP contribution in [0.3, 0.4) is 0 Å². The predicted molar refractivity (Wildman–Crippen MR) is 131 cm³/mol. The molecule has 2 atom stereocenters. The van der Waals surface area contributed by atoms with Crippen LogP contribution >= 0.6 is 0 Å². The molecule has 0 aromatic rings. The molecule has 0 aromatic carbocycles. The highest BCUT2D eigenvalue weighted by molar-refractivity contribution is 5.79. The second-order valence-electron chi connectivity index (χ2n) is 15.1. The minimum absolute atomic E-state index is 0.0255. The Labute approximate surface area is 206 Å². The van der Waals surface area contributed by atoms with E-state index in [1.807, 2.05) is 20.8 Å². The summed E-state index contributed by atoms with van der Waals surface area (Å²) in [5.74, 6) is 3.42. The quantitative estimate of drug-likeness (QED) is 0.399. The van der Waals surface area contributed by atoms with Crippen LogP contribution < -0.4 is 0 Å². The molecule has 8 rings (SSSR count). The maximum atomic E-state index is 14.1. The molecule has 8 aliphatic carbocycles. The van der Waals surface area contributed by atoms with Crippen molar-refractivity contribution in [1.82, 2.24) is 0 Å². The molecule has 34 heavy (non-hydrogen) atoms. The highest BCUT2D eigenvalue weighted by atomic mass is 16.6. The SMILES string of the molecule is CCC(C)(C)C(=O)OC12CC3CC(C1)CC(C(=O)OC(C)(C)C14CC5CC(CC(C5)C1)C4)(C3)C2. The highest BCUT2D eigenvalue weighted by Crippen LogP contribution is 2.66. The Hall–Kier alpha value is -1.06. The van der Waals surface area contributed by atoms with Gasteiger partial charge in [-0.3, -0.25) is 9.59 Å². The van der Waals surface area contributed by atoms with Gasteiger partial charge in [0.1, 0.15) is 11.2 Å². The lowest BCUT2D eigenvalue weighted by Gasteiger charge is -2.63. The van der Waals surface area contributed by atoms with E-state index < -0.39 is 22.0 Å². The van der Waals surface area contributed by atoms with Gasteiger partial charge in [-0.25, -0.2) is 0 Å². The summed E-state index contributed by atoms with van der Waals surface area (Å²) in [4.78, 5) is 27.2. The van der Waals surface area contributed by atoms with Gasteiger partial charge in [-0.05, 0) is 134 Å². The molecule has 0 aromatic heterocycles. The normalized spacial score (nSPS) is 46.6. The van der Waals surface area contributed by atoms with Crippen molar-refractivity contribution in [3.8, 4) is 0 Å². The molecular weight excluding hydrogens is 424 g/mol. The lowest BCUT2D eigenvalue weighted by Crippen LogP contribution is -2.62. The van der Waals surface area contributed by atoms with Gasteiger partial charge in [-0.15, -0.1) is 0 Å². The standard InChI is InChI=1S/C30H46O4/c1-6-26(2,3)24(31)34-30-16-22-10-23(17-30)12-28(11-22,18-30)25(32)33-27(4,5)29-13-19-7-20(14-29)9-21(8-19)15-29/h19-23H,6-18H2,1-5H3. The summed E-state index contributed by atoms with van der Waals surface area (Å²) in [6.45, 7) is 10.4. The van der Waals surface area contributed by atoms with Gasteiger partial charge >= 0.3 is 11.9 Å². The van der Waals surface area contributed by atoms with Crippen LogP contribution in [-0.4, -0.2) is 23.1 Å². The van der Waals surface area contributed by atoms with Crippen molar-refractivity contribution >= 4 is 11.9 Å². The first-order valence-electron chi connectivity index (χ1n) is 14.3. The number of carbonyl (C=O) groups is 2. The minimum Gasteiger partial charge on any atom is -0.459 e. The zero-order chi connectivity index (χ0) is 24.1. The number of hydrogen-bond donors (Lipinski definition) is 0. The monoisotopic (exact) mass is 470 g/mol. The number of rotatable bonds is 6. The van der Waals surface area contributed by atoms with Crippen LogP contribution in [0, 0.1) is 45.8 Å². The molecule has 0 spiro atoms. The Morgan fingerprint density at radius 2 is 1.26 bits per heavy atom. The molecule has 8 aliphatic rings. The van der Waals surface area contributed by atoms with Crippen molar-refractivity contribution in [3.05, 3.63) is 0 Å². The topological polar surface area (TPSA) is 52.6 Å². The van der Waals surface area contributed by atoms with Crippen molar-refractivity contribution in [2.45, 2.75) is 129 Å². The minimum atomic E-state index is -0.475. The van der Waals surface area contributed by atoms with Gasteiger partial charge in [-0.2, -0.15) is 0 Å². The maximum Gasteiger partial charge on any atom is 0.312 e. The third kappa shape index (κ3) is 3.43. The largest absolute Gasteiger partial charge is 0.459 e. The summed E-state index contributed by atoms with van der Waals surface area (Å²) in [6.07, 6.45) is 14.3. The van der Waals surface area contributed by atoms with Gasteiger partial charge in [0, 0.05) is 11.8 Å². The first kappa shape index (κ1) is 23.3. The Balaban J connectivity index is 1.23. The number of ether oxygens (including phenoxy) is 2. The summed E-state index contributed by atoms with van der Waals surface area (Å²) in [6, 6.07) is 0. The summed E-state index contributed by atoms with van der Waals surface area (Å²) in [5, 5.41) is 0. The van der Waals surface area contributed by atoms with E-state index in [0.717, 1.165) is 49.9 Å². The third-order valence-electron chi connectivity index (χ3n) is 11.8. The van der Waals surface area contributed by atoms with Gasteiger partial charge in [-0.1, -0.05) is 6.92 Å². The van der Waals surface area contributed by atoms with E-state index in [1.165, 1.54) is 44.9 Å².